The zero-order valence-electron chi connectivity index (χ0n) is 20.4. The topological polar surface area (TPSA) is 83.7 Å². The number of carbonyl (C=O) groups excluding carboxylic acids is 1. The predicted octanol–water partition coefficient (Wildman–Crippen LogP) is 5.88. The fourth-order valence-electron chi connectivity index (χ4n) is 4.46. The summed E-state index contributed by atoms with van der Waals surface area (Å²) in [4.78, 5) is 23.0. The van der Waals surface area contributed by atoms with Crippen molar-refractivity contribution in [2.45, 2.75) is 26.2 Å². The molecule has 0 aliphatic carbocycles. The number of benzene rings is 1. The minimum atomic E-state index is -0.180. The minimum absolute atomic E-state index is 0.180. The van der Waals surface area contributed by atoms with Crippen LogP contribution in [0.1, 0.15) is 34.5 Å². The Bertz CT molecular complexity index is 1240. The van der Waals surface area contributed by atoms with Crippen molar-refractivity contribution in [2.75, 3.05) is 57.0 Å². The van der Waals surface area contributed by atoms with Gasteiger partial charge < -0.3 is 20.7 Å². The zero-order chi connectivity index (χ0) is 25.8. The van der Waals surface area contributed by atoms with Crippen molar-refractivity contribution in [3.05, 3.63) is 43.7 Å². The van der Waals surface area contributed by atoms with Crippen LogP contribution in [-0.4, -0.2) is 62.2 Å². The number of hydrogen-bond donors (Lipinski definition) is 2. The highest BCUT2D eigenvalue weighted by Crippen LogP contribution is 2.40. The standard InChI is InChI=1S/C25H30Cl3N5O2S/c1-15-18-21(29)22(36-25(18)31-24(35-2)19(15)27)23(34)30-9-4-3-5-10-32-11-13-33(14-12-32)17-8-6-7-16(26)20(17)28/h6-8H,3-5,9-14,29H2,1-2H3,(H,30,34). The van der Waals surface area contributed by atoms with E-state index in [1.54, 1.807) is 0 Å². The number of aryl methyl sites for hydroxylation is 1. The molecule has 3 heterocycles. The van der Waals surface area contributed by atoms with Crippen molar-refractivity contribution in [1.82, 2.24) is 15.2 Å². The number of ether oxygens (including phenoxy) is 1. The number of thiophene rings is 1. The molecule has 36 heavy (non-hydrogen) atoms. The monoisotopic (exact) mass is 569 g/mol. The summed E-state index contributed by atoms with van der Waals surface area (Å²) in [5, 5.41) is 5.34. The maximum atomic E-state index is 12.8. The number of rotatable bonds is 9. The molecule has 1 aromatic carbocycles. The molecule has 194 valence electrons. The number of nitrogens with one attached hydrogen (secondary N) is 1. The molecule has 1 aliphatic heterocycles. The van der Waals surface area contributed by atoms with E-state index in [0.29, 0.717) is 48.3 Å². The van der Waals surface area contributed by atoms with E-state index < -0.39 is 0 Å². The number of aromatic nitrogens is 1. The number of methoxy groups -OCH3 is 1. The number of pyridine rings is 1. The quantitative estimate of drug-likeness (QED) is 0.313. The van der Waals surface area contributed by atoms with Gasteiger partial charge in [0.2, 0.25) is 5.88 Å². The average molecular weight is 571 g/mol. The van der Waals surface area contributed by atoms with E-state index in [-0.39, 0.29) is 5.91 Å². The third kappa shape index (κ3) is 5.78. The summed E-state index contributed by atoms with van der Waals surface area (Å²) < 4.78 is 5.23. The van der Waals surface area contributed by atoms with Crippen molar-refractivity contribution < 1.29 is 9.53 Å². The number of carbonyl (C=O) groups is 1. The first-order valence-corrected chi connectivity index (χ1v) is 13.9. The number of nitrogens with zero attached hydrogens (tertiary/aromatic N) is 3. The molecule has 0 bridgehead atoms. The molecule has 11 heteroatoms. The van der Waals surface area contributed by atoms with Crippen molar-refractivity contribution in [2.24, 2.45) is 0 Å². The van der Waals surface area contributed by atoms with Crippen LogP contribution in [0.2, 0.25) is 15.1 Å². The van der Waals surface area contributed by atoms with Crippen LogP contribution in [0, 0.1) is 6.92 Å². The van der Waals surface area contributed by atoms with Crippen LogP contribution in [0.25, 0.3) is 10.2 Å². The number of hydrogen-bond acceptors (Lipinski definition) is 7. The van der Waals surface area contributed by atoms with E-state index in [1.165, 1.54) is 18.4 Å². The smallest absolute Gasteiger partial charge is 0.263 e. The summed E-state index contributed by atoms with van der Waals surface area (Å²) in [5.74, 6) is 0.158. The van der Waals surface area contributed by atoms with Crippen LogP contribution >= 0.6 is 46.1 Å². The zero-order valence-corrected chi connectivity index (χ0v) is 23.5. The van der Waals surface area contributed by atoms with Gasteiger partial charge in [-0.3, -0.25) is 9.69 Å². The van der Waals surface area contributed by atoms with Gasteiger partial charge in [0, 0.05) is 38.1 Å². The van der Waals surface area contributed by atoms with Crippen LogP contribution in [0.5, 0.6) is 5.88 Å². The normalized spacial score (nSPS) is 14.4. The van der Waals surface area contributed by atoms with Gasteiger partial charge in [-0.2, -0.15) is 0 Å². The van der Waals surface area contributed by atoms with Crippen molar-refractivity contribution in [3.8, 4) is 5.88 Å². The highest BCUT2D eigenvalue weighted by molar-refractivity contribution is 7.21. The molecule has 1 fully saturated rings. The molecule has 0 radical (unpaired) electrons. The Morgan fingerprint density at radius 2 is 1.89 bits per heavy atom. The fourth-order valence-corrected chi connectivity index (χ4v) is 6.15. The molecular formula is C25H30Cl3N5O2S. The van der Waals surface area contributed by atoms with Crippen LogP contribution in [0.4, 0.5) is 11.4 Å². The van der Waals surface area contributed by atoms with Gasteiger partial charge in [0.25, 0.3) is 5.91 Å². The number of fused-ring (bicyclic) bond motifs is 1. The lowest BCUT2D eigenvalue weighted by atomic mass is 10.1. The van der Waals surface area contributed by atoms with Gasteiger partial charge in [0.15, 0.2) is 0 Å². The predicted molar refractivity (Wildman–Crippen MR) is 152 cm³/mol. The largest absolute Gasteiger partial charge is 0.480 e. The Hall–Kier alpha value is -1.97. The molecule has 0 atom stereocenters. The molecule has 3 aromatic rings. The van der Waals surface area contributed by atoms with Gasteiger partial charge in [-0.25, -0.2) is 4.98 Å². The summed E-state index contributed by atoms with van der Waals surface area (Å²) in [6, 6.07) is 5.78. The van der Waals surface area contributed by atoms with Gasteiger partial charge >= 0.3 is 0 Å². The maximum Gasteiger partial charge on any atom is 0.263 e. The van der Waals surface area contributed by atoms with E-state index in [0.717, 1.165) is 63.2 Å². The second-order valence-corrected chi connectivity index (χ2v) is 11.0. The highest BCUT2D eigenvalue weighted by Gasteiger charge is 2.22. The molecule has 7 nitrogen and oxygen atoms in total. The fraction of sp³-hybridized carbons (Fsp3) is 0.440. The number of unbranched alkanes of at least 4 members (excludes halogenated alkanes) is 2. The average Bonchev–Trinajstić information content (AvgIpc) is 3.21. The van der Waals surface area contributed by atoms with Gasteiger partial charge in [-0.1, -0.05) is 47.3 Å². The van der Waals surface area contributed by atoms with Gasteiger partial charge in [-0.05, 0) is 44.0 Å². The second kappa shape index (κ2) is 12.0. The number of piperazine rings is 1. The molecule has 2 aromatic heterocycles. The number of nitrogen functional groups attached to an aromatic ring is 1. The first kappa shape index (κ1) is 27.1. The van der Waals surface area contributed by atoms with Crippen LogP contribution in [0.3, 0.4) is 0 Å². The third-order valence-electron chi connectivity index (χ3n) is 6.50. The van der Waals surface area contributed by atoms with Crippen molar-refractivity contribution in [1.29, 1.82) is 0 Å². The summed E-state index contributed by atoms with van der Waals surface area (Å²) in [7, 11) is 1.51. The molecule has 1 saturated heterocycles. The van der Waals surface area contributed by atoms with Gasteiger partial charge in [0.1, 0.15) is 14.7 Å². The van der Waals surface area contributed by atoms with Crippen molar-refractivity contribution >= 4 is 73.6 Å². The van der Waals surface area contributed by atoms with Crippen LogP contribution in [-0.2, 0) is 0 Å². The molecule has 0 saturated carbocycles. The number of anilines is 2. The summed E-state index contributed by atoms with van der Waals surface area (Å²) in [6.07, 6.45) is 3.03. The molecule has 3 N–H and O–H groups in total. The lowest BCUT2D eigenvalue weighted by Gasteiger charge is -2.36. The Labute approximate surface area is 230 Å². The molecule has 1 aliphatic rings. The Balaban J connectivity index is 1.19. The second-order valence-electron chi connectivity index (χ2n) is 8.80. The van der Waals surface area contributed by atoms with Crippen LogP contribution in [0.15, 0.2) is 18.2 Å². The summed E-state index contributed by atoms with van der Waals surface area (Å²) in [5.41, 5.74) is 8.48. The highest BCUT2D eigenvalue weighted by atomic mass is 35.5. The first-order chi connectivity index (χ1) is 17.3. The van der Waals surface area contributed by atoms with Gasteiger partial charge in [0.05, 0.1) is 28.5 Å². The molecule has 0 unspecified atom stereocenters. The van der Waals surface area contributed by atoms with E-state index >= 15 is 0 Å². The minimum Gasteiger partial charge on any atom is -0.480 e. The molecule has 4 rings (SSSR count). The Morgan fingerprint density at radius 3 is 2.61 bits per heavy atom. The van der Waals surface area contributed by atoms with Crippen molar-refractivity contribution in [3.63, 3.8) is 0 Å². The van der Waals surface area contributed by atoms with Crippen LogP contribution < -0.4 is 20.7 Å². The van der Waals surface area contributed by atoms with E-state index in [2.05, 4.69) is 20.1 Å². The van der Waals surface area contributed by atoms with Gasteiger partial charge in [-0.15, -0.1) is 11.3 Å². The summed E-state index contributed by atoms with van der Waals surface area (Å²) >= 11 is 20.1. The Kier molecular flexibility index (Phi) is 9.06. The Morgan fingerprint density at radius 1 is 1.14 bits per heavy atom. The number of halogens is 3. The first-order valence-electron chi connectivity index (χ1n) is 11.9. The number of nitrogens with two attached hydrogens (primary N) is 1. The lowest BCUT2D eigenvalue weighted by Crippen LogP contribution is -2.46. The molecular weight excluding hydrogens is 541 g/mol. The van der Waals surface area contributed by atoms with E-state index in [4.69, 9.17) is 45.3 Å². The van der Waals surface area contributed by atoms with E-state index in [1.807, 2.05) is 25.1 Å². The lowest BCUT2D eigenvalue weighted by molar-refractivity contribution is 0.0957. The van der Waals surface area contributed by atoms with E-state index in [9.17, 15) is 4.79 Å². The number of amides is 1. The maximum absolute atomic E-state index is 12.8. The SMILES string of the molecule is COc1nc2sc(C(=O)NCCCCCN3CCN(c4cccc(Cl)c4Cl)CC3)c(N)c2c(C)c1Cl. The molecule has 0 spiro atoms. The summed E-state index contributed by atoms with van der Waals surface area (Å²) in [6.45, 7) is 7.34. The molecule has 1 amide bonds. The third-order valence-corrected chi connectivity index (χ3v) is 8.85.